The Morgan fingerprint density at radius 3 is 2.50 bits per heavy atom. The number of ether oxygens (including phenoxy) is 1. The lowest BCUT2D eigenvalue weighted by Crippen LogP contribution is -2.67. The van der Waals surface area contributed by atoms with Crippen LogP contribution < -0.4 is 5.32 Å². The largest absolute Gasteiger partial charge is 0.444 e. The Morgan fingerprint density at radius 2 is 2.06 bits per heavy atom. The Balaban J connectivity index is 0.00000128. The van der Waals surface area contributed by atoms with Crippen LogP contribution in [0.3, 0.4) is 0 Å². The van der Waals surface area contributed by atoms with Crippen LogP contribution >= 0.6 is 12.4 Å². The van der Waals surface area contributed by atoms with E-state index in [1.54, 1.807) is 4.90 Å². The van der Waals surface area contributed by atoms with Gasteiger partial charge in [-0.3, -0.25) is 4.90 Å². The number of hydrogen-bond donors (Lipinski definition) is 1. The van der Waals surface area contributed by atoms with Crippen molar-refractivity contribution in [2.75, 3.05) is 19.6 Å². The summed E-state index contributed by atoms with van der Waals surface area (Å²) in [5.74, 6) is 0. The van der Waals surface area contributed by atoms with Crippen LogP contribution in [0, 0.1) is 0 Å². The molecule has 16 heavy (non-hydrogen) atoms. The van der Waals surface area contributed by atoms with E-state index >= 15 is 0 Å². The summed E-state index contributed by atoms with van der Waals surface area (Å²) in [4.78, 5) is 13.7. The van der Waals surface area contributed by atoms with Crippen LogP contribution in [-0.2, 0) is 4.74 Å². The van der Waals surface area contributed by atoms with Gasteiger partial charge in [-0.1, -0.05) is 12.2 Å². The second-order valence-electron chi connectivity index (χ2n) is 5.20. The number of nitrogens with zero attached hydrogens (tertiary/aromatic N) is 1. The molecule has 0 aromatic heterocycles. The van der Waals surface area contributed by atoms with Crippen molar-refractivity contribution in [3.05, 3.63) is 12.2 Å². The molecule has 0 bridgehead atoms. The zero-order chi connectivity index (χ0) is 11.1. The average molecular weight is 247 g/mol. The summed E-state index contributed by atoms with van der Waals surface area (Å²) in [6, 6.07) is 0. The highest BCUT2D eigenvalue weighted by molar-refractivity contribution is 5.85. The van der Waals surface area contributed by atoms with E-state index in [0.717, 1.165) is 13.1 Å². The fourth-order valence-corrected chi connectivity index (χ4v) is 1.91. The smallest absolute Gasteiger partial charge is 0.411 e. The van der Waals surface area contributed by atoms with Gasteiger partial charge in [-0.2, -0.15) is 0 Å². The molecule has 1 saturated heterocycles. The molecule has 92 valence electrons. The van der Waals surface area contributed by atoms with Gasteiger partial charge >= 0.3 is 6.09 Å². The van der Waals surface area contributed by atoms with Crippen LogP contribution in [0.2, 0.25) is 0 Å². The fraction of sp³-hybridized carbons (Fsp3) is 0.727. The fourth-order valence-electron chi connectivity index (χ4n) is 1.91. The summed E-state index contributed by atoms with van der Waals surface area (Å²) in [6.45, 7) is 8.00. The molecule has 1 N–H and O–H groups in total. The van der Waals surface area contributed by atoms with Gasteiger partial charge in [0, 0.05) is 19.6 Å². The van der Waals surface area contributed by atoms with Gasteiger partial charge in [-0.25, -0.2) is 4.79 Å². The van der Waals surface area contributed by atoms with E-state index in [9.17, 15) is 4.79 Å². The van der Waals surface area contributed by atoms with Gasteiger partial charge < -0.3 is 10.1 Å². The van der Waals surface area contributed by atoms with E-state index in [4.69, 9.17) is 4.74 Å². The van der Waals surface area contributed by atoms with E-state index in [1.807, 2.05) is 26.8 Å². The Kier molecular flexibility index (Phi) is 3.55. The van der Waals surface area contributed by atoms with Gasteiger partial charge in [-0.15, -0.1) is 12.4 Å². The van der Waals surface area contributed by atoms with Crippen LogP contribution in [0.15, 0.2) is 12.2 Å². The number of rotatable bonds is 0. The third-order valence-electron chi connectivity index (χ3n) is 2.73. The molecule has 0 aliphatic carbocycles. The van der Waals surface area contributed by atoms with Crippen LogP contribution in [0.4, 0.5) is 4.79 Å². The molecule has 2 aliphatic rings. The standard InChI is InChI=1S/C11H18N2O2.ClH/c1-10(2,3)15-9(14)13-6-4-5-11(13)7-12-8-11;/h4-5,12H,6-8H2,1-3H3;1H. The molecule has 0 aromatic carbocycles. The van der Waals surface area contributed by atoms with E-state index in [-0.39, 0.29) is 24.0 Å². The molecule has 0 unspecified atom stereocenters. The van der Waals surface area contributed by atoms with Gasteiger partial charge in [0.2, 0.25) is 0 Å². The minimum absolute atomic E-state index is 0. The first-order valence-corrected chi connectivity index (χ1v) is 5.32. The number of carbonyl (C=O) groups excluding carboxylic acids is 1. The molecule has 0 aromatic rings. The predicted octanol–water partition coefficient (Wildman–Crippen LogP) is 1.56. The van der Waals surface area contributed by atoms with Crippen LogP contribution in [0.1, 0.15) is 20.8 Å². The molecule has 4 nitrogen and oxygen atoms in total. The zero-order valence-electron chi connectivity index (χ0n) is 9.95. The summed E-state index contributed by atoms with van der Waals surface area (Å²) in [7, 11) is 0. The summed E-state index contributed by atoms with van der Waals surface area (Å²) in [5, 5.41) is 3.19. The van der Waals surface area contributed by atoms with Gasteiger partial charge in [0.05, 0.1) is 5.54 Å². The van der Waals surface area contributed by atoms with E-state index < -0.39 is 5.60 Å². The van der Waals surface area contributed by atoms with Crippen molar-refractivity contribution >= 4 is 18.5 Å². The zero-order valence-corrected chi connectivity index (χ0v) is 10.8. The second-order valence-corrected chi connectivity index (χ2v) is 5.20. The first kappa shape index (κ1) is 13.3. The van der Waals surface area contributed by atoms with Gasteiger partial charge in [0.25, 0.3) is 0 Å². The average Bonchev–Trinajstić information content (AvgIpc) is 2.42. The first-order valence-electron chi connectivity index (χ1n) is 5.32. The molecule has 5 heteroatoms. The van der Waals surface area contributed by atoms with Crippen molar-refractivity contribution in [2.24, 2.45) is 0 Å². The van der Waals surface area contributed by atoms with Crippen molar-refractivity contribution in [2.45, 2.75) is 31.9 Å². The lowest BCUT2D eigenvalue weighted by molar-refractivity contribution is 0.00331. The monoisotopic (exact) mass is 246 g/mol. The molecule has 1 amide bonds. The van der Waals surface area contributed by atoms with Crippen LogP contribution in [0.5, 0.6) is 0 Å². The molecule has 1 fully saturated rings. The second kappa shape index (κ2) is 4.26. The van der Waals surface area contributed by atoms with Crippen molar-refractivity contribution in [1.29, 1.82) is 0 Å². The van der Waals surface area contributed by atoms with Crippen molar-refractivity contribution < 1.29 is 9.53 Å². The van der Waals surface area contributed by atoms with E-state index in [1.165, 1.54) is 0 Å². The highest BCUT2D eigenvalue weighted by Gasteiger charge is 2.46. The van der Waals surface area contributed by atoms with Crippen molar-refractivity contribution in [3.8, 4) is 0 Å². The molecule has 2 rings (SSSR count). The maximum absolute atomic E-state index is 11.9. The number of hydrogen-bond acceptors (Lipinski definition) is 3. The quantitative estimate of drug-likeness (QED) is 0.660. The molecule has 2 aliphatic heterocycles. The lowest BCUT2D eigenvalue weighted by Gasteiger charge is -2.45. The summed E-state index contributed by atoms with van der Waals surface area (Å²) < 4.78 is 5.37. The number of amides is 1. The third kappa shape index (κ3) is 2.33. The summed E-state index contributed by atoms with van der Waals surface area (Å²) >= 11 is 0. The SMILES string of the molecule is CC(C)(C)OC(=O)N1CC=CC12CNC2.Cl. The first-order chi connectivity index (χ1) is 6.93. The third-order valence-corrected chi connectivity index (χ3v) is 2.73. The Labute approximate surface area is 102 Å². The van der Waals surface area contributed by atoms with Gasteiger partial charge in [-0.05, 0) is 20.8 Å². The topological polar surface area (TPSA) is 41.6 Å². The molecule has 0 radical (unpaired) electrons. The molecular formula is C11H19ClN2O2. The molecular weight excluding hydrogens is 228 g/mol. The van der Waals surface area contributed by atoms with Crippen molar-refractivity contribution in [1.82, 2.24) is 10.2 Å². The number of halogens is 1. The Bertz CT molecular complexity index is 306. The van der Waals surface area contributed by atoms with Gasteiger partial charge in [0.15, 0.2) is 0 Å². The molecule has 0 atom stereocenters. The highest BCUT2D eigenvalue weighted by Crippen LogP contribution is 2.28. The summed E-state index contributed by atoms with van der Waals surface area (Å²) in [5.41, 5.74) is -0.527. The number of nitrogens with one attached hydrogen (secondary N) is 1. The predicted molar refractivity (Wildman–Crippen MR) is 64.9 cm³/mol. The number of carbonyl (C=O) groups is 1. The lowest BCUT2D eigenvalue weighted by atomic mass is 9.93. The van der Waals surface area contributed by atoms with Crippen molar-refractivity contribution in [3.63, 3.8) is 0 Å². The highest BCUT2D eigenvalue weighted by atomic mass is 35.5. The summed E-state index contributed by atoms with van der Waals surface area (Å²) in [6.07, 6.45) is 3.92. The van der Waals surface area contributed by atoms with Crippen LogP contribution in [0.25, 0.3) is 0 Å². The Hall–Kier alpha value is -0.740. The minimum atomic E-state index is -0.419. The molecule has 0 saturated carbocycles. The minimum Gasteiger partial charge on any atom is -0.444 e. The van der Waals surface area contributed by atoms with Gasteiger partial charge in [0.1, 0.15) is 5.60 Å². The van der Waals surface area contributed by atoms with E-state index in [0.29, 0.717) is 6.54 Å². The van der Waals surface area contributed by atoms with E-state index in [2.05, 4.69) is 11.4 Å². The molecule has 2 heterocycles. The molecule has 1 spiro atoms. The maximum atomic E-state index is 11.9. The Morgan fingerprint density at radius 1 is 1.44 bits per heavy atom. The maximum Gasteiger partial charge on any atom is 0.411 e. The van der Waals surface area contributed by atoms with Crippen LogP contribution in [-0.4, -0.2) is 41.8 Å². The normalized spacial score (nSPS) is 21.6.